The Bertz CT molecular complexity index is 433. The summed E-state index contributed by atoms with van der Waals surface area (Å²) in [4.78, 5) is 25.3. The van der Waals surface area contributed by atoms with Crippen LogP contribution in [-0.2, 0) is 9.59 Å². The fourth-order valence-electron chi connectivity index (χ4n) is 5.46. The number of hydrogen-bond acceptors (Lipinski definition) is 2. The molecule has 1 saturated heterocycles. The molecule has 5 atom stereocenters. The molecule has 1 heterocycles. The third-order valence-corrected chi connectivity index (χ3v) is 6.38. The molecule has 0 aromatic rings. The molecule has 5 unspecified atom stereocenters. The van der Waals surface area contributed by atoms with E-state index in [9.17, 15) is 9.59 Å². The minimum atomic E-state index is -0.719. The van der Waals surface area contributed by atoms with Gasteiger partial charge in [0.15, 0.2) is 0 Å². The van der Waals surface area contributed by atoms with Gasteiger partial charge in [-0.15, -0.1) is 0 Å². The fourth-order valence-corrected chi connectivity index (χ4v) is 5.46. The highest BCUT2D eigenvalue weighted by molar-refractivity contribution is 5.83. The number of carbonyl (C=O) groups is 2. The highest BCUT2D eigenvalue weighted by atomic mass is 16.4. The number of aliphatic carboxylic acids is 1. The van der Waals surface area contributed by atoms with E-state index in [-0.39, 0.29) is 6.42 Å². The Hall–Kier alpha value is -1.06. The predicted molar refractivity (Wildman–Crippen MR) is 72.9 cm³/mol. The Morgan fingerprint density at radius 1 is 1.10 bits per heavy atom. The van der Waals surface area contributed by atoms with E-state index in [1.54, 1.807) is 0 Å². The van der Waals surface area contributed by atoms with Crippen molar-refractivity contribution in [3.63, 3.8) is 0 Å². The average Bonchev–Trinajstić information content (AvgIpc) is 2.83. The molecule has 1 N–H and O–H groups in total. The van der Waals surface area contributed by atoms with Gasteiger partial charge in [-0.05, 0) is 61.7 Å². The number of amides is 1. The molecule has 0 radical (unpaired) electrons. The average molecular weight is 277 g/mol. The molecule has 20 heavy (non-hydrogen) atoms. The highest BCUT2D eigenvalue weighted by Gasteiger charge is 2.68. The lowest BCUT2D eigenvalue weighted by molar-refractivity contribution is -0.137. The van der Waals surface area contributed by atoms with Crippen molar-refractivity contribution in [1.29, 1.82) is 0 Å². The zero-order valence-corrected chi connectivity index (χ0v) is 11.8. The van der Waals surface area contributed by atoms with Crippen LogP contribution in [0.1, 0.15) is 38.5 Å². The zero-order valence-electron chi connectivity index (χ0n) is 11.8. The Labute approximate surface area is 119 Å². The number of likely N-dealkylation sites (tertiary alicyclic amines) is 1. The number of carboxylic acid groups (broad SMARTS) is 1. The first-order chi connectivity index (χ1) is 9.65. The van der Waals surface area contributed by atoms with Crippen molar-refractivity contribution < 1.29 is 14.7 Å². The molecule has 3 saturated carbocycles. The molecule has 1 amide bonds. The van der Waals surface area contributed by atoms with Crippen LogP contribution in [0, 0.1) is 35.5 Å². The molecule has 4 rings (SSSR count). The van der Waals surface area contributed by atoms with Crippen molar-refractivity contribution in [2.45, 2.75) is 38.5 Å². The van der Waals surface area contributed by atoms with E-state index in [4.69, 9.17) is 5.11 Å². The Morgan fingerprint density at radius 2 is 1.80 bits per heavy atom. The lowest BCUT2D eigenvalue weighted by Crippen LogP contribution is -2.32. The van der Waals surface area contributed by atoms with E-state index in [1.807, 2.05) is 4.90 Å². The van der Waals surface area contributed by atoms with E-state index in [0.29, 0.717) is 17.7 Å². The van der Waals surface area contributed by atoms with Gasteiger partial charge in [0, 0.05) is 25.4 Å². The van der Waals surface area contributed by atoms with Gasteiger partial charge in [0.1, 0.15) is 0 Å². The smallest absolute Gasteiger partial charge is 0.303 e. The normalized spacial score (nSPS) is 44.7. The van der Waals surface area contributed by atoms with Crippen LogP contribution in [0.3, 0.4) is 0 Å². The molecule has 4 heteroatoms. The second kappa shape index (κ2) is 4.47. The quantitative estimate of drug-likeness (QED) is 0.855. The summed E-state index contributed by atoms with van der Waals surface area (Å²) in [6.45, 7) is 1.66. The first kappa shape index (κ1) is 12.7. The molecule has 3 aliphatic carbocycles. The Morgan fingerprint density at radius 3 is 2.45 bits per heavy atom. The van der Waals surface area contributed by atoms with Crippen molar-refractivity contribution in [3.05, 3.63) is 0 Å². The van der Waals surface area contributed by atoms with Crippen molar-refractivity contribution in [2.75, 3.05) is 13.1 Å². The maximum atomic E-state index is 12.6. The van der Waals surface area contributed by atoms with Crippen molar-refractivity contribution in [1.82, 2.24) is 4.90 Å². The maximum absolute atomic E-state index is 12.6. The second-order valence-electron chi connectivity index (χ2n) is 7.39. The van der Waals surface area contributed by atoms with Crippen molar-refractivity contribution >= 4 is 11.9 Å². The minimum absolute atomic E-state index is 0.242. The monoisotopic (exact) mass is 277 g/mol. The molecule has 0 aromatic heterocycles. The third-order valence-electron chi connectivity index (χ3n) is 6.38. The van der Waals surface area contributed by atoms with E-state index < -0.39 is 5.97 Å². The van der Waals surface area contributed by atoms with E-state index in [1.165, 1.54) is 19.3 Å². The molecule has 110 valence electrons. The molecular weight excluding hydrogens is 254 g/mol. The number of carbonyl (C=O) groups excluding carboxylic acids is 1. The SMILES string of the molecule is O=C(O)CCC1CCN(C(=O)C2C3C4CCC(C4)C23)C1. The summed E-state index contributed by atoms with van der Waals surface area (Å²) in [5.74, 6) is 3.58. The number of hydrogen-bond donors (Lipinski definition) is 1. The number of fused-ring (bicyclic) bond motifs is 5. The van der Waals surface area contributed by atoms with Gasteiger partial charge >= 0.3 is 5.97 Å². The van der Waals surface area contributed by atoms with Gasteiger partial charge in [-0.3, -0.25) is 9.59 Å². The maximum Gasteiger partial charge on any atom is 0.303 e. The van der Waals surface area contributed by atoms with Gasteiger partial charge < -0.3 is 10.0 Å². The molecule has 4 nitrogen and oxygen atoms in total. The van der Waals surface area contributed by atoms with Crippen molar-refractivity contribution in [2.24, 2.45) is 35.5 Å². The van der Waals surface area contributed by atoms with Gasteiger partial charge in [0.25, 0.3) is 0 Å². The van der Waals surface area contributed by atoms with Crippen LogP contribution in [0.25, 0.3) is 0 Å². The minimum Gasteiger partial charge on any atom is -0.481 e. The van der Waals surface area contributed by atoms with Crippen LogP contribution in [0.2, 0.25) is 0 Å². The topological polar surface area (TPSA) is 57.6 Å². The highest BCUT2D eigenvalue weighted by Crippen LogP contribution is 2.69. The molecule has 0 aromatic carbocycles. The summed E-state index contributed by atoms with van der Waals surface area (Å²) in [5, 5.41) is 8.74. The van der Waals surface area contributed by atoms with Gasteiger partial charge in [0.2, 0.25) is 5.91 Å². The van der Waals surface area contributed by atoms with Crippen LogP contribution in [0.5, 0.6) is 0 Å². The number of nitrogens with zero attached hydrogens (tertiary/aromatic N) is 1. The van der Waals surface area contributed by atoms with E-state index in [0.717, 1.165) is 49.6 Å². The van der Waals surface area contributed by atoms with E-state index >= 15 is 0 Å². The first-order valence-corrected chi connectivity index (χ1v) is 8.15. The van der Waals surface area contributed by atoms with Gasteiger partial charge in [-0.25, -0.2) is 0 Å². The first-order valence-electron chi connectivity index (χ1n) is 8.15. The molecule has 4 aliphatic rings. The summed E-state index contributed by atoms with van der Waals surface area (Å²) in [6, 6.07) is 0. The number of carboxylic acids is 1. The lowest BCUT2D eigenvalue weighted by Gasteiger charge is -2.18. The third kappa shape index (κ3) is 1.87. The van der Waals surface area contributed by atoms with E-state index in [2.05, 4.69) is 0 Å². The summed E-state index contributed by atoms with van der Waals surface area (Å²) >= 11 is 0. The summed E-state index contributed by atoms with van der Waals surface area (Å²) in [7, 11) is 0. The Balaban J connectivity index is 1.32. The molecule has 2 bridgehead atoms. The summed E-state index contributed by atoms with van der Waals surface area (Å²) < 4.78 is 0. The molecule has 4 fully saturated rings. The van der Waals surface area contributed by atoms with Crippen LogP contribution >= 0.6 is 0 Å². The van der Waals surface area contributed by atoms with Crippen LogP contribution in [-0.4, -0.2) is 35.0 Å². The standard InChI is InChI=1S/C16H23NO3/c18-12(19)4-1-9-5-6-17(8-9)16(20)15-13-10-2-3-11(7-10)14(13)15/h9-11,13-15H,1-8H2,(H,18,19). The van der Waals surface area contributed by atoms with Crippen LogP contribution in [0.15, 0.2) is 0 Å². The van der Waals surface area contributed by atoms with Gasteiger partial charge in [-0.2, -0.15) is 0 Å². The van der Waals surface area contributed by atoms with Crippen molar-refractivity contribution in [3.8, 4) is 0 Å². The number of rotatable bonds is 4. The fraction of sp³-hybridized carbons (Fsp3) is 0.875. The lowest BCUT2D eigenvalue weighted by atomic mass is 10.0. The predicted octanol–water partition coefficient (Wildman–Crippen LogP) is 1.99. The molecule has 0 spiro atoms. The Kier molecular flexibility index (Phi) is 2.83. The zero-order chi connectivity index (χ0) is 13.9. The van der Waals surface area contributed by atoms with Crippen LogP contribution in [0.4, 0.5) is 0 Å². The summed E-state index contributed by atoms with van der Waals surface area (Å²) in [5.41, 5.74) is 0. The molecular formula is C16H23NO3. The summed E-state index contributed by atoms with van der Waals surface area (Å²) in [6.07, 6.45) is 6.06. The molecule has 1 aliphatic heterocycles. The largest absolute Gasteiger partial charge is 0.481 e. The van der Waals surface area contributed by atoms with Gasteiger partial charge in [0.05, 0.1) is 0 Å². The second-order valence-corrected chi connectivity index (χ2v) is 7.39. The van der Waals surface area contributed by atoms with Gasteiger partial charge in [-0.1, -0.05) is 0 Å². The van der Waals surface area contributed by atoms with Crippen LogP contribution < -0.4 is 0 Å².